The van der Waals surface area contributed by atoms with Crippen molar-refractivity contribution in [3.05, 3.63) is 35.9 Å². The van der Waals surface area contributed by atoms with Gasteiger partial charge >= 0.3 is 0 Å². The fourth-order valence-corrected chi connectivity index (χ4v) is 1.72. The van der Waals surface area contributed by atoms with Crippen molar-refractivity contribution in [3.63, 3.8) is 0 Å². The van der Waals surface area contributed by atoms with Crippen molar-refractivity contribution in [3.8, 4) is 0 Å². The molecule has 0 radical (unpaired) electrons. The topological polar surface area (TPSA) is 29.5 Å². The Bertz CT molecular complexity index is 284. The molecule has 0 saturated heterocycles. The Morgan fingerprint density at radius 1 is 1.36 bits per heavy atom. The first-order valence-corrected chi connectivity index (χ1v) is 5.11. The zero-order valence-corrected chi connectivity index (χ0v) is 8.39. The molecule has 0 aliphatic heterocycles. The van der Waals surface area contributed by atoms with Crippen LogP contribution in [0.25, 0.3) is 0 Å². The van der Waals surface area contributed by atoms with Gasteiger partial charge in [-0.2, -0.15) is 0 Å². The molecule has 0 aromatic heterocycles. The van der Waals surface area contributed by atoms with Gasteiger partial charge in [-0.25, -0.2) is 0 Å². The smallest absolute Gasteiger partial charge is 0.0720 e. The van der Waals surface area contributed by atoms with E-state index in [0.29, 0.717) is 12.5 Å². The second kappa shape index (κ2) is 4.11. The van der Waals surface area contributed by atoms with Crippen molar-refractivity contribution in [1.82, 2.24) is 0 Å². The van der Waals surface area contributed by atoms with Crippen molar-refractivity contribution in [2.75, 3.05) is 0 Å². The molecule has 14 heavy (non-hydrogen) atoms. The van der Waals surface area contributed by atoms with Gasteiger partial charge < -0.3 is 9.84 Å². The molecule has 0 amide bonds. The zero-order chi connectivity index (χ0) is 9.97. The molecule has 1 aliphatic carbocycles. The molecule has 1 fully saturated rings. The van der Waals surface area contributed by atoms with Gasteiger partial charge in [0.25, 0.3) is 0 Å². The van der Waals surface area contributed by atoms with E-state index in [9.17, 15) is 5.11 Å². The summed E-state index contributed by atoms with van der Waals surface area (Å²) in [5, 5.41) is 9.30. The van der Waals surface area contributed by atoms with E-state index in [2.05, 4.69) is 12.1 Å². The summed E-state index contributed by atoms with van der Waals surface area (Å²) in [7, 11) is 0. The van der Waals surface area contributed by atoms with Gasteiger partial charge in [-0.05, 0) is 5.56 Å². The molecule has 0 heterocycles. The highest BCUT2D eigenvalue weighted by Gasteiger charge is 2.36. The highest BCUT2D eigenvalue weighted by Crippen LogP contribution is 2.30. The lowest BCUT2D eigenvalue weighted by molar-refractivity contribution is -0.125. The molecule has 2 heteroatoms. The molecule has 0 bridgehead atoms. The summed E-state index contributed by atoms with van der Waals surface area (Å²) in [6.07, 6.45) is 0.870. The predicted molar refractivity (Wildman–Crippen MR) is 54.8 cm³/mol. The number of ether oxygens (including phenoxy) is 1. The molecule has 1 saturated carbocycles. The number of hydrogen-bond acceptors (Lipinski definition) is 2. The molecule has 0 spiro atoms. The summed E-state index contributed by atoms with van der Waals surface area (Å²) < 4.78 is 5.69. The fourth-order valence-electron chi connectivity index (χ4n) is 1.72. The Hall–Kier alpha value is -0.860. The van der Waals surface area contributed by atoms with Gasteiger partial charge in [-0.3, -0.25) is 0 Å². The molecule has 2 nitrogen and oxygen atoms in total. The first-order valence-electron chi connectivity index (χ1n) is 5.11. The third-order valence-corrected chi connectivity index (χ3v) is 2.97. The van der Waals surface area contributed by atoms with Crippen molar-refractivity contribution < 1.29 is 9.84 Å². The largest absolute Gasteiger partial charge is 0.393 e. The van der Waals surface area contributed by atoms with E-state index in [0.717, 1.165) is 6.42 Å². The minimum absolute atomic E-state index is 0.157. The number of benzene rings is 1. The van der Waals surface area contributed by atoms with E-state index in [1.807, 2.05) is 25.1 Å². The van der Waals surface area contributed by atoms with Gasteiger partial charge in [0.2, 0.25) is 0 Å². The van der Waals surface area contributed by atoms with Gasteiger partial charge in [0.1, 0.15) is 0 Å². The third kappa shape index (κ3) is 1.97. The van der Waals surface area contributed by atoms with Gasteiger partial charge in [0, 0.05) is 12.3 Å². The molecule has 1 aliphatic rings. The second-order valence-electron chi connectivity index (χ2n) is 4.00. The van der Waals surface area contributed by atoms with E-state index in [-0.39, 0.29) is 12.2 Å². The maximum Gasteiger partial charge on any atom is 0.0720 e. The number of rotatable bonds is 3. The van der Waals surface area contributed by atoms with Gasteiger partial charge in [0.05, 0.1) is 18.8 Å². The van der Waals surface area contributed by atoms with Crippen LogP contribution in [-0.4, -0.2) is 17.3 Å². The van der Waals surface area contributed by atoms with Crippen molar-refractivity contribution >= 4 is 0 Å². The van der Waals surface area contributed by atoms with Crippen molar-refractivity contribution in [1.29, 1.82) is 0 Å². The molecule has 1 aromatic carbocycles. The van der Waals surface area contributed by atoms with Crippen LogP contribution >= 0.6 is 0 Å². The molecule has 76 valence electrons. The van der Waals surface area contributed by atoms with Crippen molar-refractivity contribution in [2.45, 2.75) is 32.2 Å². The molecular formula is C12H16O2. The molecule has 1 aromatic rings. The standard InChI is InChI=1S/C12H16O2/c1-9-11(13)7-12(9)14-8-10-5-3-2-4-6-10/h2-6,9,11-13H,7-8H2,1H3/t9-,11-,12+/m1/s1. The van der Waals surface area contributed by atoms with Crippen LogP contribution < -0.4 is 0 Å². The van der Waals surface area contributed by atoms with Crippen LogP contribution in [0, 0.1) is 5.92 Å². The summed E-state index contributed by atoms with van der Waals surface area (Å²) in [6, 6.07) is 10.1. The molecule has 0 unspecified atom stereocenters. The normalized spacial score (nSPS) is 31.1. The van der Waals surface area contributed by atoms with E-state index in [1.165, 1.54) is 5.56 Å². The summed E-state index contributed by atoms with van der Waals surface area (Å²) in [4.78, 5) is 0. The molecule has 3 atom stereocenters. The average Bonchev–Trinajstić information content (AvgIpc) is 2.25. The maximum atomic E-state index is 9.30. The summed E-state index contributed by atoms with van der Waals surface area (Å²) in [6.45, 7) is 2.69. The lowest BCUT2D eigenvalue weighted by atomic mass is 9.80. The summed E-state index contributed by atoms with van der Waals surface area (Å²) >= 11 is 0. The SMILES string of the molecule is C[C@@H]1[C@H](O)C[C@@H]1OCc1ccccc1. The minimum Gasteiger partial charge on any atom is -0.393 e. The van der Waals surface area contributed by atoms with Crippen LogP contribution in [0.1, 0.15) is 18.9 Å². The van der Waals surface area contributed by atoms with Gasteiger partial charge in [0.15, 0.2) is 0 Å². The Kier molecular flexibility index (Phi) is 2.85. The lowest BCUT2D eigenvalue weighted by Crippen LogP contribution is -2.45. The molecule has 1 N–H and O–H groups in total. The minimum atomic E-state index is -0.157. The molecular weight excluding hydrogens is 176 g/mol. The van der Waals surface area contributed by atoms with Crippen LogP contribution in [0.3, 0.4) is 0 Å². The monoisotopic (exact) mass is 192 g/mol. The van der Waals surface area contributed by atoms with Crippen LogP contribution in [0.5, 0.6) is 0 Å². The molecule has 2 rings (SSSR count). The van der Waals surface area contributed by atoms with E-state index in [1.54, 1.807) is 0 Å². The Balaban J connectivity index is 1.79. The number of aliphatic hydroxyl groups is 1. The van der Waals surface area contributed by atoms with Crippen LogP contribution in [0.2, 0.25) is 0 Å². The Morgan fingerprint density at radius 2 is 2.07 bits per heavy atom. The van der Waals surface area contributed by atoms with Crippen LogP contribution in [0.4, 0.5) is 0 Å². The quantitative estimate of drug-likeness (QED) is 0.793. The van der Waals surface area contributed by atoms with Crippen LogP contribution in [0.15, 0.2) is 30.3 Å². The summed E-state index contributed by atoms with van der Waals surface area (Å²) in [5.41, 5.74) is 1.20. The summed E-state index contributed by atoms with van der Waals surface area (Å²) in [5.74, 6) is 0.290. The highest BCUT2D eigenvalue weighted by molar-refractivity contribution is 5.13. The maximum absolute atomic E-state index is 9.30. The lowest BCUT2D eigenvalue weighted by Gasteiger charge is -2.38. The van der Waals surface area contributed by atoms with E-state index in [4.69, 9.17) is 4.74 Å². The predicted octanol–water partition coefficient (Wildman–Crippen LogP) is 1.97. The Labute approximate surface area is 84.5 Å². The fraction of sp³-hybridized carbons (Fsp3) is 0.500. The Morgan fingerprint density at radius 3 is 2.64 bits per heavy atom. The van der Waals surface area contributed by atoms with E-state index < -0.39 is 0 Å². The van der Waals surface area contributed by atoms with E-state index >= 15 is 0 Å². The van der Waals surface area contributed by atoms with Crippen molar-refractivity contribution in [2.24, 2.45) is 5.92 Å². The zero-order valence-electron chi connectivity index (χ0n) is 8.39. The second-order valence-corrected chi connectivity index (χ2v) is 4.00. The first kappa shape index (κ1) is 9.69. The third-order valence-electron chi connectivity index (χ3n) is 2.97. The first-order chi connectivity index (χ1) is 6.77. The van der Waals surface area contributed by atoms with Crippen LogP contribution in [-0.2, 0) is 11.3 Å². The average molecular weight is 192 g/mol. The number of hydrogen-bond donors (Lipinski definition) is 1. The van der Waals surface area contributed by atoms with Gasteiger partial charge in [-0.15, -0.1) is 0 Å². The van der Waals surface area contributed by atoms with Gasteiger partial charge in [-0.1, -0.05) is 37.3 Å². The highest BCUT2D eigenvalue weighted by atomic mass is 16.5. The number of aliphatic hydroxyl groups excluding tert-OH is 1.